The van der Waals surface area contributed by atoms with Crippen LogP contribution in [0, 0.1) is 0 Å². The Morgan fingerprint density at radius 1 is 1.29 bits per heavy atom. The van der Waals surface area contributed by atoms with Gasteiger partial charge in [-0.05, 0) is 37.1 Å². The normalized spacial score (nSPS) is 10.8. The van der Waals surface area contributed by atoms with Crippen molar-refractivity contribution in [3.05, 3.63) is 35.9 Å². The number of methoxy groups -OCH3 is 1. The molecule has 0 saturated carbocycles. The second-order valence-electron chi connectivity index (χ2n) is 4.29. The van der Waals surface area contributed by atoms with Crippen LogP contribution in [0.25, 0.3) is 6.08 Å². The van der Waals surface area contributed by atoms with Crippen LogP contribution in [0.3, 0.4) is 0 Å². The van der Waals surface area contributed by atoms with Crippen molar-refractivity contribution >= 4 is 12.0 Å². The molecule has 0 aliphatic carbocycles. The minimum absolute atomic E-state index is 0.105. The highest BCUT2D eigenvalue weighted by Gasteiger charge is 1.96. The van der Waals surface area contributed by atoms with E-state index in [-0.39, 0.29) is 12.7 Å². The fourth-order valence-electron chi connectivity index (χ4n) is 1.56. The summed E-state index contributed by atoms with van der Waals surface area (Å²) in [6, 6.07) is 7.42. The van der Waals surface area contributed by atoms with Crippen LogP contribution in [0.1, 0.15) is 18.9 Å². The highest BCUT2D eigenvalue weighted by atomic mass is 16.7. The molecule has 0 atom stereocenters. The maximum absolute atomic E-state index is 11.6. The van der Waals surface area contributed by atoms with Crippen LogP contribution in [-0.2, 0) is 14.3 Å². The molecule has 0 bridgehead atoms. The largest absolute Gasteiger partial charge is 0.468 e. The molecule has 0 radical (unpaired) electrons. The van der Waals surface area contributed by atoms with E-state index in [1.54, 1.807) is 13.2 Å². The third-order valence-corrected chi connectivity index (χ3v) is 2.62. The van der Waals surface area contributed by atoms with E-state index >= 15 is 0 Å². The fraction of sp³-hybridized carbons (Fsp3) is 0.438. The topological polar surface area (TPSA) is 56.8 Å². The van der Waals surface area contributed by atoms with Gasteiger partial charge in [0.2, 0.25) is 5.91 Å². The van der Waals surface area contributed by atoms with Crippen LogP contribution in [0.5, 0.6) is 5.75 Å². The fourth-order valence-corrected chi connectivity index (χ4v) is 1.56. The SMILES string of the molecule is CCOCCCNC(=O)/C=C/c1ccc(OCOC)cc1. The van der Waals surface area contributed by atoms with E-state index in [2.05, 4.69) is 5.32 Å². The first kappa shape index (κ1) is 17.2. The third-order valence-electron chi connectivity index (χ3n) is 2.62. The highest BCUT2D eigenvalue weighted by Crippen LogP contribution is 2.13. The standard InChI is InChI=1S/C16H23NO4/c1-3-20-12-4-11-17-16(18)10-7-14-5-8-15(9-6-14)21-13-19-2/h5-10H,3-4,11-13H2,1-2H3,(H,17,18)/b10-7+. The van der Waals surface area contributed by atoms with E-state index in [4.69, 9.17) is 14.2 Å². The Kier molecular flexibility index (Phi) is 8.91. The summed E-state index contributed by atoms with van der Waals surface area (Å²) in [6.07, 6.45) is 4.10. The molecule has 1 N–H and O–H groups in total. The summed E-state index contributed by atoms with van der Waals surface area (Å²) in [7, 11) is 1.57. The third kappa shape index (κ3) is 8.12. The minimum Gasteiger partial charge on any atom is -0.468 e. The maximum atomic E-state index is 11.6. The first-order chi connectivity index (χ1) is 10.3. The maximum Gasteiger partial charge on any atom is 0.244 e. The molecule has 0 aliphatic rings. The average molecular weight is 293 g/mol. The zero-order valence-corrected chi connectivity index (χ0v) is 12.6. The summed E-state index contributed by atoms with van der Waals surface area (Å²) in [6.45, 7) is 4.17. The number of hydrogen-bond donors (Lipinski definition) is 1. The lowest BCUT2D eigenvalue weighted by atomic mass is 10.2. The molecule has 5 heteroatoms. The van der Waals surface area contributed by atoms with Crippen molar-refractivity contribution in [2.45, 2.75) is 13.3 Å². The molecule has 0 fully saturated rings. The zero-order valence-electron chi connectivity index (χ0n) is 12.6. The van der Waals surface area contributed by atoms with E-state index in [1.165, 1.54) is 6.08 Å². The van der Waals surface area contributed by atoms with Gasteiger partial charge in [0.25, 0.3) is 0 Å². The van der Waals surface area contributed by atoms with E-state index < -0.39 is 0 Å². The Morgan fingerprint density at radius 2 is 2.05 bits per heavy atom. The van der Waals surface area contributed by atoms with Crippen molar-refractivity contribution in [3.63, 3.8) is 0 Å². The van der Waals surface area contributed by atoms with Crippen molar-refractivity contribution in [1.82, 2.24) is 5.32 Å². The lowest BCUT2D eigenvalue weighted by Gasteiger charge is -2.04. The van der Waals surface area contributed by atoms with Gasteiger partial charge in [0.05, 0.1) is 0 Å². The summed E-state index contributed by atoms with van der Waals surface area (Å²) < 4.78 is 15.3. The molecule has 116 valence electrons. The van der Waals surface area contributed by atoms with Gasteiger partial charge in [-0.2, -0.15) is 0 Å². The molecule has 0 saturated heterocycles. The summed E-state index contributed by atoms with van der Waals surface area (Å²) in [5.41, 5.74) is 0.934. The molecule has 1 rings (SSSR count). The van der Waals surface area contributed by atoms with Crippen LogP contribution < -0.4 is 10.1 Å². The molecule has 0 unspecified atom stereocenters. The number of amides is 1. The Morgan fingerprint density at radius 3 is 2.71 bits per heavy atom. The Balaban J connectivity index is 2.29. The summed E-state index contributed by atoms with van der Waals surface area (Å²) in [5, 5.41) is 2.80. The van der Waals surface area contributed by atoms with Gasteiger partial charge in [0, 0.05) is 32.9 Å². The number of hydrogen-bond acceptors (Lipinski definition) is 4. The lowest BCUT2D eigenvalue weighted by molar-refractivity contribution is -0.116. The molecule has 1 aromatic carbocycles. The van der Waals surface area contributed by atoms with Crippen molar-refractivity contribution in [1.29, 1.82) is 0 Å². The van der Waals surface area contributed by atoms with Crippen LogP contribution in [0.2, 0.25) is 0 Å². The molecular weight excluding hydrogens is 270 g/mol. The van der Waals surface area contributed by atoms with Crippen LogP contribution in [-0.4, -0.2) is 39.6 Å². The number of benzene rings is 1. The first-order valence-electron chi connectivity index (χ1n) is 7.01. The van der Waals surface area contributed by atoms with Crippen molar-refractivity contribution < 1.29 is 19.0 Å². The smallest absolute Gasteiger partial charge is 0.244 e. The Labute approximate surface area is 125 Å². The van der Waals surface area contributed by atoms with Gasteiger partial charge >= 0.3 is 0 Å². The van der Waals surface area contributed by atoms with Gasteiger partial charge in [-0.1, -0.05) is 12.1 Å². The van der Waals surface area contributed by atoms with Crippen LogP contribution in [0.15, 0.2) is 30.3 Å². The lowest BCUT2D eigenvalue weighted by Crippen LogP contribution is -2.23. The molecule has 0 spiro atoms. The van der Waals surface area contributed by atoms with Crippen molar-refractivity contribution in [3.8, 4) is 5.75 Å². The predicted molar refractivity (Wildman–Crippen MR) is 82.1 cm³/mol. The van der Waals surface area contributed by atoms with E-state index in [9.17, 15) is 4.79 Å². The molecule has 1 aromatic rings. The number of rotatable bonds is 10. The first-order valence-corrected chi connectivity index (χ1v) is 7.01. The van der Waals surface area contributed by atoms with Crippen LogP contribution >= 0.6 is 0 Å². The minimum atomic E-state index is -0.105. The van der Waals surface area contributed by atoms with E-state index in [1.807, 2.05) is 31.2 Å². The number of ether oxygens (including phenoxy) is 3. The molecular formula is C16H23NO4. The van der Waals surface area contributed by atoms with Gasteiger partial charge < -0.3 is 19.5 Å². The summed E-state index contributed by atoms with van der Waals surface area (Å²) in [4.78, 5) is 11.6. The van der Waals surface area contributed by atoms with Gasteiger partial charge in [-0.3, -0.25) is 4.79 Å². The molecule has 0 heterocycles. The second-order valence-corrected chi connectivity index (χ2v) is 4.29. The summed E-state index contributed by atoms with van der Waals surface area (Å²) in [5.74, 6) is 0.626. The predicted octanol–water partition coefficient (Wildman–Crippen LogP) is 2.23. The zero-order chi connectivity index (χ0) is 15.3. The quantitative estimate of drug-likeness (QED) is 0.408. The number of nitrogens with one attached hydrogen (secondary N) is 1. The van der Waals surface area contributed by atoms with Crippen molar-refractivity contribution in [2.75, 3.05) is 33.7 Å². The molecule has 1 amide bonds. The molecule has 0 aliphatic heterocycles. The monoisotopic (exact) mass is 293 g/mol. The second kappa shape index (κ2) is 10.9. The van der Waals surface area contributed by atoms with Gasteiger partial charge in [0.1, 0.15) is 5.75 Å². The highest BCUT2D eigenvalue weighted by molar-refractivity contribution is 5.91. The van der Waals surface area contributed by atoms with E-state index in [0.717, 1.165) is 17.7 Å². The molecule has 0 aromatic heterocycles. The van der Waals surface area contributed by atoms with Crippen molar-refractivity contribution in [2.24, 2.45) is 0 Å². The number of carbonyl (C=O) groups excluding carboxylic acids is 1. The number of carbonyl (C=O) groups is 1. The van der Waals surface area contributed by atoms with Gasteiger partial charge in [-0.15, -0.1) is 0 Å². The molecule has 5 nitrogen and oxygen atoms in total. The average Bonchev–Trinajstić information content (AvgIpc) is 2.51. The van der Waals surface area contributed by atoms with Gasteiger partial charge in [0.15, 0.2) is 6.79 Å². The molecule has 21 heavy (non-hydrogen) atoms. The van der Waals surface area contributed by atoms with Crippen LogP contribution in [0.4, 0.5) is 0 Å². The summed E-state index contributed by atoms with van der Waals surface area (Å²) >= 11 is 0. The van der Waals surface area contributed by atoms with E-state index in [0.29, 0.717) is 19.8 Å². The Hall–Kier alpha value is -1.85. The Bertz CT molecular complexity index is 428. The van der Waals surface area contributed by atoms with Gasteiger partial charge in [-0.25, -0.2) is 0 Å².